The quantitative estimate of drug-likeness (QED) is 0.464. The van der Waals surface area contributed by atoms with Gasteiger partial charge in [0, 0.05) is 18.5 Å². The Balaban J connectivity index is 1.87. The van der Waals surface area contributed by atoms with Crippen LogP contribution in [0.1, 0.15) is 85.8 Å². The van der Waals surface area contributed by atoms with Crippen LogP contribution in [0.4, 0.5) is 0 Å². The van der Waals surface area contributed by atoms with Gasteiger partial charge >= 0.3 is 5.97 Å². The van der Waals surface area contributed by atoms with Gasteiger partial charge in [-0.25, -0.2) is 0 Å². The number of epoxide rings is 1. The molecule has 2 aliphatic rings. The average molecular weight is 502 g/mol. The second-order valence-electron chi connectivity index (χ2n) is 11.5. The molecule has 7 nitrogen and oxygen atoms in total. The Hall–Kier alpha value is -2.09. The Morgan fingerprint density at radius 1 is 1.22 bits per heavy atom. The maximum Gasteiger partial charge on any atom is 0.309 e. The normalized spacial score (nSPS) is 36.6. The molecule has 1 aromatic heterocycles. The van der Waals surface area contributed by atoms with Gasteiger partial charge in [-0.05, 0) is 62.8 Å². The van der Waals surface area contributed by atoms with Crippen molar-refractivity contribution in [3.05, 3.63) is 35.7 Å². The molecule has 0 saturated carbocycles. The van der Waals surface area contributed by atoms with Gasteiger partial charge in [-0.2, -0.15) is 0 Å². The number of aliphatic hydroxyl groups excluding tert-OH is 2. The summed E-state index contributed by atoms with van der Waals surface area (Å²) in [6.07, 6.45) is 4.11. The molecule has 0 radical (unpaired) electrons. The molecule has 1 aromatic rings. The van der Waals surface area contributed by atoms with E-state index < -0.39 is 35.6 Å². The van der Waals surface area contributed by atoms with Gasteiger partial charge in [0.05, 0.1) is 41.4 Å². The molecule has 0 spiro atoms. The van der Waals surface area contributed by atoms with E-state index in [2.05, 4.69) is 11.9 Å². The predicted molar refractivity (Wildman–Crippen MR) is 138 cm³/mol. The van der Waals surface area contributed by atoms with Crippen LogP contribution < -0.4 is 0 Å². The number of cyclic esters (lactones) is 1. The zero-order chi connectivity index (χ0) is 26.7. The third-order valence-electron chi connectivity index (χ3n) is 8.24. The zero-order valence-corrected chi connectivity index (χ0v) is 22.6. The smallest absolute Gasteiger partial charge is 0.309 e. The molecule has 1 unspecified atom stereocenters. The summed E-state index contributed by atoms with van der Waals surface area (Å²) in [6, 6.07) is 5.63. The fourth-order valence-electron chi connectivity index (χ4n) is 5.30. The van der Waals surface area contributed by atoms with Crippen LogP contribution in [0.15, 0.2) is 30.0 Å². The molecule has 2 aliphatic heterocycles. The average Bonchev–Trinajstić information content (AvgIpc) is 3.47. The van der Waals surface area contributed by atoms with Crippen LogP contribution >= 0.6 is 0 Å². The van der Waals surface area contributed by atoms with E-state index in [0.29, 0.717) is 12.8 Å². The maximum absolute atomic E-state index is 13.4. The molecule has 0 aromatic carbocycles. The standard InChI is InChI=1S/C29H43NO6/c1-7-21-26(33)18(2)11-10-13-29(6)24(36-29)16-22(19(3)15-20-12-8-9-14-30-20)35-25(32)17-23(31)28(4,5)27(21)34/h8-9,12,14-15,18,21-24,26,31,33H,7,10-11,13,16-17H2,1-6H3/b19-15+/t18-,21-,22+,23-,24?,26+,29-/m0/s1. The van der Waals surface area contributed by atoms with Crippen molar-refractivity contribution in [1.82, 2.24) is 4.98 Å². The number of esters is 1. The van der Waals surface area contributed by atoms with E-state index in [-0.39, 0.29) is 29.8 Å². The lowest BCUT2D eigenvalue weighted by Crippen LogP contribution is -2.46. The lowest BCUT2D eigenvalue weighted by atomic mass is 9.71. The van der Waals surface area contributed by atoms with Crippen LogP contribution in [-0.2, 0) is 19.1 Å². The van der Waals surface area contributed by atoms with Crippen LogP contribution in [0.2, 0.25) is 0 Å². The number of rotatable bonds is 3. The first-order chi connectivity index (χ1) is 16.9. The number of fused-ring (bicyclic) bond motifs is 1. The van der Waals surface area contributed by atoms with Crippen molar-refractivity contribution in [3.63, 3.8) is 0 Å². The van der Waals surface area contributed by atoms with Crippen LogP contribution in [0.25, 0.3) is 6.08 Å². The molecule has 2 saturated heterocycles. The Morgan fingerprint density at radius 2 is 1.94 bits per heavy atom. The minimum absolute atomic E-state index is 0.0538. The summed E-state index contributed by atoms with van der Waals surface area (Å²) >= 11 is 0. The largest absolute Gasteiger partial charge is 0.458 e. The van der Waals surface area contributed by atoms with Crippen molar-refractivity contribution in [2.75, 3.05) is 0 Å². The van der Waals surface area contributed by atoms with Gasteiger partial charge in [0.2, 0.25) is 0 Å². The van der Waals surface area contributed by atoms with E-state index in [0.717, 1.165) is 30.5 Å². The minimum Gasteiger partial charge on any atom is -0.458 e. The van der Waals surface area contributed by atoms with Crippen molar-refractivity contribution < 1.29 is 29.3 Å². The first-order valence-corrected chi connectivity index (χ1v) is 13.3. The van der Waals surface area contributed by atoms with Gasteiger partial charge < -0.3 is 19.7 Å². The topological polar surface area (TPSA) is 109 Å². The summed E-state index contributed by atoms with van der Waals surface area (Å²) in [5.41, 5.74) is 0.0968. The fourth-order valence-corrected chi connectivity index (χ4v) is 5.30. The van der Waals surface area contributed by atoms with Crippen molar-refractivity contribution in [1.29, 1.82) is 0 Å². The van der Waals surface area contributed by atoms with E-state index >= 15 is 0 Å². The molecule has 7 atom stereocenters. The highest BCUT2D eigenvalue weighted by Crippen LogP contribution is 2.45. The van der Waals surface area contributed by atoms with Gasteiger partial charge in [-0.3, -0.25) is 14.6 Å². The van der Waals surface area contributed by atoms with Crippen molar-refractivity contribution in [2.24, 2.45) is 17.3 Å². The van der Waals surface area contributed by atoms with Crippen molar-refractivity contribution in [2.45, 2.75) is 110 Å². The number of carbonyl (C=O) groups excluding carboxylic acids is 2. The lowest BCUT2D eigenvalue weighted by Gasteiger charge is -2.35. The number of carbonyl (C=O) groups is 2. The SMILES string of the molecule is CC[C@@H]1C(=O)C(C)(C)[C@@H](O)CC(=O)O[C@@H](/C(C)=C/c2ccccn2)CC2O[C@@]2(C)CCC[C@H](C)[C@H]1O. The van der Waals surface area contributed by atoms with Crippen LogP contribution in [0.5, 0.6) is 0 Å². The number of aliphatic hydroxyl groups is 2. The Labute approximate surface area is 215 Å². The molecule has 36 heavy (non-hydrogen) atoms. The van der Waals surface area contributed by atoms with E-state index in [1.54, 1.807) is 20.0 Å². The van der Waals surface area contributed by atoms with E-state index in [4.69, 9.17) is 9.47 Å². The monoisotopic (exact) mass is 501 g/mol. The third-order valence-corrected chi connectivity index (χ3v) is 8.24. The highest BCUT2D eigenvalue weighted by Gasteiger charge is 2.53. The van der Waals surface area contributed by atoms with E-state index in [1.165, 1.54) is 0 Å². The van der Waals surface area contributed by atoms with Crippen molar-refractivity contribution >= 4 is 17.8 Å². The number of ether oxygens (including phenoxy) is 2. The van der Waals surface area contributed by atoms with Gasteiger partial charge in [0.25, 0.3) is 0 Å². The lowest BCUT2D eigenvalue weighted by molar-refractivity contribution is -0.154. The number of pyridine rings is 1. The molecular formula is C29H43NO6. The van der Waals surface area contributed by atoms with Gasteiger partial charge in [0.15, 0.2) is 0 Å². The van der Waals surface area contributed by atoms with Gasteiger partial charge in [-0.15, -0.1) is 0 Å². The summed E-state index contributed by atoms with van der Waals surface area (Å²) in [5.74, 6) is -1.47. The molecule has 3 heterocycles. The summed E-state index contributed by atoms with van der Waals surface area (Å²) in [6.45, 7) is 11.1. The second kappa shape index (κ2) is 11.5. The molecule has 7 heteroatoms. The predicted octanol–water partition coefficient (Wildman–Crippen LogP) is 4.50. The zero-order valence-electron chi connectivity index (χ0n) is 22.6. The highest BCUT2D eigenvalue weighted by atomic mass is 16.6. The fraction of sp³-hybridized carbons (Fsp3) is 0.690. The van der Waals surface area contributed by atoms with E-state index in [9.17, 15) is 19.8 Å². The maximum atomic E-state index is 13.4. The first kappa shape index (κ1) is 28.5. The molecule has 0 amide bonds. The molecule has 3 rings (SSSR count). The highest BCUT2D eigenvalue weighted by molar-refractivity contribution is 5.88. The molecule has 0 aliphatic carbocycles. The molecule has 2 N–H and O–H groups in total. The number of Topliss-reactive ketones (excluding diaryl/α,β-unsaturated/α-hetero) is 1. The minimum atomic E-state index is -1.23. The van der Waals surface area contributed by atoms with Crippen LogP contribution in [-0.4, -0.2) is 57.0 Å². The number of hydrogen-bond acceptors (Lipinski definition) is 7. The molecular weight excluding hydrogens is 458 g/mol. The Kier molecular flexibility index (Phi) is 9.12. The number of ketones is 1. The first-order valence-electron chi connectivity index (χ1n) is 13.3. The molecule has 200 valence electrons. The molecule has 2 fully saturated rings. The Morgan fingerprint density at radius 3 is 2.58 bits per heavy atom. The summed E-state index contributed by atoms with van der Waals surface area (Å²) in [5, 5.41) is 22.0. The summed E-state index contributed by atoms with van der Waals surface area (Å²) in [7, 11) is 0. The number of nitrogens with zero attached hydrogens (tertiary/aromatic N) is 1. The van der Waals surface area contributed by atoms with E-state index in [1.807, 2.05) is 45.0 Å². The van der Waals surface area contributed by atoms with Gasteiger partial charge in [-0.1, -0.05) is 40.2 Å². The third kappa shape index (κ3) is 6.61. The molecule has 0 bridgehead atoms. The summed E-state index contributed by atoms with van der Waals surface area (Å²) < 4.78 is 12.0. The second-order valence-corrected chi connectivity index (χ2v) is 11.5. The van der Waals surface area contributed by atoms with Gasteiger partial charge in [0.1, 0.15) is 11.9 Å². The Bertz CT molecular complexity index is 944. The van der Waals surface area contributed by atoms with Crippen LogP contribution in [0.3, 0.4) is 0 Å². The summed E-state index contributed by atoms with van der Waals surface area (Å²) in [4.78, 5) is 30.8. The van der Waals surface area contributed by atoms with Crippen molar-refractivity contribution in [3.8, 4) is 0 Å². The number of aromatic nitrogens is 1. The van der Waals surface area contributed by atoms with Crippen LogP contribution in [0, 0.1) is 17.3 Å². The number of hydrogen-bond donors (Lipinski definition) is 2.